The Bertz CT molecular complexity index is 1070. The third-order valence-corrected chi connectivity index (χ3v) is 6.55. The third-order valence-electron chi connectivity index (χ3n) is 5.57. The summed E-state index contributed by atoms with van der Waals surface area (Å²) in [5.74, 6) is 0.0797. The van der Waals surface area contributed by atoms with E-state index in [0.717, 1.165) is 64.4 Å². The van der Waals surface area contributed by atoms with E-state index in [1.807, 2.05) is 65.1 Å². The summed E-state index contributed by atoms with van der Waals surface area (Å²) in [6.45, 7) is 28.5. The second-order valence-electron chi connectivity index (χ2n) is 9.56. The molecular weight excluding hydrogens is 552 g/mol. The zero-order valence-corrected chi connectivity index (χ0v) is 30.2. The average Bonchev–Trinajstić information content (AvgIpc) is 3.63. The van der Waals surface area contributed by atoms with Crippen molar-refractivity contribution in [3.05, 3.63) is 64.3 Å². The van der Waals surface area contributed by atoms with Crippen molar-refractivity contribution in [3.63, 3.8) is 0 Å². The number of hydrogen-bond acceptors (Lipinski definition) is 5. The minimum atomic E-state index is 0.0797. The number of aldehydes is 1. The number of aromatic nitrogens is 2. The number of rotatable bonds is 13. The van der Waals surface area contributed by atoms with E-state index >= 15 is 0 Å². The zero-order valence-electron chi connectivity index (χ0n) is 29.4. The summed E-state index contributed by atoms with van der Waals surface area (Å²) in [5.41, 5.74) is 5.96. The number of ether oxygens (including phenoxy) is 1. The van der Waals surface area contributed by atoms with Crippen LogP contribution in [0.2, 0.25) is 0 Å². The Morgan fingerprint density at radius 1 is 1.14 bits per heavy atom. The van der Waals surface area contributed by atoms with E-state index in [0.29, 0.717) is 6.10 Å². The SMILES string of the molecule is C=C/C=C\c1c(-c2csc(/C(C)=C/C(=C\CC)C(C)=O)n2)c[nH]c1C.CC.CC=O.CCC.CCCCCOC(C)CC. The number of Topliss-reactive ketones (excluding diaryl/α,β-unsaturated/α-hetero) is 1. The lowest BCUT2D eigenvalue weighted by Gasteiger charge is -2.09. The lowest BCUT2D eigenvalue weighted by Crippen LogP contribution is -2.07. The Kier molecular flexibility index (Phi) is 31.8. The Labute approximate surface area is 268 Å². The van der Waals surface area contributed by atoms with Crippen LogP contribution < -0.4 is 0 Å². The van der Waals surface area contributed by atoms with Crippen LogP contribution in [-0.2, 0) is 14.3 Å². The lowest BCUT2D eigenvalue weighted by molar-refractivity contribution is -0.113. The fraction of sp³-hybridized carbons (Fsp3) is 0.541. The van der Waals surface area contributed by atoms with E-state index in [1.165, 1.54) is 32.6 Å². The number of carbonyl (C=O) groups excluding carboxylic acids is 2. The molecule has 0 spiro atoms. The maximum atomic E-state index is 11.7. The molecule has 2 aromatic heterocycles. The molecule has 5 nitrogen and oxygen atoms in total. The van der Waals surface area contributed by atoms with Gasteiger partial charge in [0.15, 0.2) is 5.78 Å². The fourth-order valence-electron chi connectivity index (χ4n) is 3.28. The van der Waals surface area contributed by atoms with Crippen molar-refractivity contribution in [2.24, 2.45) is 0 Å². The number of thiazole rings is 1. The molecule has 0 aliphatic rings. The molecule has 0 bridgehead atoms. The molecule has 0 radical (unpaired) electrons. The molecule has 6 heteroatoms. The monoisotopic (exact) mass is 614 g/mol. The van der Waals surface area contributed by atoms with Gasteiger partial charge in [-0.05, 0) is 65.5 Å². The standard InChI is InChI=1S/C21H24N2OS.C9H20O.C3H8.C2H4O.C2H6/c1-6-8-10-18-15(4)22-12-19(18)20-13-25-21(23-20)14(3)11-17(9-7-2)16(5)24;1-4-6-7-8-10-9(3)5-2;1-3-2;1-2-3;1-2/h6,8-13,22H,1,7H2,2-5H3;9H,4-8H2,1-3H3;3H2,1-2H3;2H,1H3;1-2H3/b10-8-,14-11+,17-9+;;;;. The Balaban J connectivity index is -0.000000737. The minimum Gasteiger partial charge on any atom is -0.379 e. The number of H-pyrrole nitrogens is 1. The third kappa shape index (κ3) is 21.5. The largest absolute Gasteiger partial charge is 0.379 e. The summed E-state index contributed by atoms with van der Waals surface area (Å²) < 4.78 is 5.49. The topological polar surface area (TPSA) is 72.0 Å². The summed E-state index contributed by atoms with van der Waals surface area (Å²) in [6, 6.07) is 0. The summed E-state index contributed by atoms with van der Waals surface area (Å²) in [4.78, 5) is 28.6. The van der Waals surface area contributed by atoms with E-state index in [1.54, 1.807) is 24.3 Å². The molecule has 0 saturated carbocycles. The smallest absolute Gasteiger partial charge is 0.159 e. The van der Waals surface area contributed by atoms with E-state index in [9.17, 15) is 4.79 Å². The molecule has 2 aromatic rings. The van der Waals surface area contributed by atoms with Gasteiger partial charge in [-0.25, -0.2) is 4.98 Å². The molecule has 2 rings (SSSR count). The van der Waals surface area contributed by atoms with Crippen molar-refractivity contribution >= 4 is 35.1 Å². The van der Waals surface area contributed by atoms with Gasteiger partial charge in [0.1, 0.15) is 11.3 Å². The first kappa shape index (κ1) is 44.6. The van der Waals surface area contributed by atoms with Gasteiger partial charge in [-0.2, -0.15) is 0 Å². The van der Waals surface area contributed by atoms with Gasteiger partial charge in [-0.1, -0.05) is 98.6 Å². The van der Waals surface area contributed by atoms with Crippen molar-refractivity contribution in [1.82, 2.24) is 9.97 Å². The average molecular weight is 615 g/mol. The lowest BCUT2D eigenvalue weighted by atomic mass is 10.1. The number of aryl methyl sites for hydroxylation is 1. The van der Waals surface area contributed by atoms with Crippen LogP contribution in [0.5, 0.6) is 0 Å². The van der Waals surface area contributed by atoms with Crippen LogP contribution in [0, 0.1) is 6.92 Å². The highest BCUT2D eigenvalue weighted by Gasteiger charge is 2.12. The van der Waals surface area contributed by atoms with E-state index in [2.05, 4.69) is 51.6 Å². The first-order chi connectivity index (χ1) is 20.6. The zero-order chi connectivity index (χ0) is 33.6. The van der Waals surface area contributed by atoms with Gasteiger partial charge < -0.3 is 14.5 Å². The highest BCUT2D eigenvalue weighted by molar-refractivity contribution is 7.11. The predicted octanol–water partition coefficient (Wildman–Crippen LogP) is 11.6. The molecule has 244 valence electrons. The second-order valence-corrected chi connectivity index (χ2v) is 10.4. The van der Waals surface area contributed by atoms with Gasteiger partial charge in [0, 0.05) is 40.6 Å². The maximum absolute atomic E-state index is 11.7. The summed E-state index contributed by atoms with van der Waals surface area (Å²) in [5, 5.41) is 2.98. The van der Waals surface area contributed by atoms with Crippen LogP contribution in [0.15, 0.2) is 48.0 Å². The van der Waals surface area contributed by atoms with Crippen molar-refractivity contribution in [3.8, 4) is 11.3 Å². The van der Waals surface area contributed by atoms with Crippen molar-refractivity contribution in [1.29, 1.82) is 0 Å². The van der Waals surface area contributed by atoms with Crippen LogP contribution >= 0.6 is 11.3 Å². The molecule has 1 atom stereocenters. The quantitative estimate of drug-likeness (QED) is 0.105. The summed E-state index contributed by atoms with van der Waals surface area (Å²) >= 11 is 1.59. The number of unbranched alkanes of at least 4 members (excludes halogenated alkanes) is 2. The van der Waals surface area contributed by atoms with Gasteiger partial charge >= 0.3 is 0 Å². The van der Waals surface area contributed by atoms with Crippen LogP contribution in [0.25, 0.3) is 22.9 Å². The highest BCUT2D eigenvalue weighted by atomic mass is 32.1. The van der Waals surface area contributed by atoms with Crippen molar-refractivity contribution in [2.75, 3.05) is 6.61 Å². The minimum absolute atomic E-state index is 0.0797. The van der Waals surface area contributed by atoms with Crippen molar-refractivity contribution < 1.29 is 14.3 Å². The number of nitrogens with one attached hydrogen (secondary N) is 1. The highest BCUT2D eigenvalue weighted by Crippen LogP contribution is 2.31. The molecule has 0 amide bonds. The van der Waals surface area contributed by atoms with Gasteiger partial charge in [0.05, 0.1) is 11.8 Å². The van der Waals surface area contributed by atoms with Crippen LogP contribution in [0.4, 0.5) is 0 Å². The summed E-state index contributed by atoms with van der Waals surface area (Å²) in [6.07, 6.45) is 19.8. The number of aromatic amines is 1. The van der Waals surface area contributed by atoms with E-state index in [-0.39, 0.29) is 5.78 Å². The normalized spacial score (nSPS) is 11.4. The first-order valence-corrected chi connectivity index (χ1v) is 16.8. The van der Waals surface area contributed by atoms with Crippen LogP contribution in [0.1, 0.15) is 131 Å². The molecule has 0 aliphatic carbocycles. The molecule has 0 saturated heterocycles. The van der Waals surface area contributed by atoms with E-state index < -0.39 is 0 Å². The van der Waals surface area contributed by atoms with Gasteiger partial charge in [0.25, 0.3) is 0 Å². The molecular formula is C37H62N2O3S. The van der Waals surface area contributed by atoms with Gasteiger partial charge in [-0.15, -0.1) is 11.3 Å². The molecule has 0 aliphatic heterocycles. The maximum Gasteiger partial charge on any atom is 0.159 e. The molecule has 2 heterocycles. The Morgan fingerprint density at radius 2 is 1.74 bits per heavy atom. The van der Waals surface area contributed by atoms with E-state index in [4.69, 9.17) is 14.5 Å². The fourth-order valence-corrected chi connectivity index (χ4v) is 4.08. The molecule has 1 N–H and O–H groups in total. The first-order valence-electron chi connectivity index (χ1n) is 16.0. The number of hydrogen-bond donors (Lipinski definition) is 1. The van der Waals surface area contributed by atoms with Crippen LogP contribution in [-0.4, -0.2) is 34.7 Å². The molecule has 0 fully saturated rings. The Morgan fingerprint density at radius 3 is 2.23 bits per heavy atom. The number of allylic oxidation sites excluding steroid dienone is 6. The molecule has 0 aromatic carbocycles. The number of carbonyl (C=O) groups is 2. The van der Waals surface area contributed by atoms with Gasteiger partial charge in [0.2, 0.25) is 0 Å². The Hall–Kier alpha value is -2.83. The molecule has 1 unspecified atom stereocenters. The number of ketones is 1. The van der Waals surface area contributed by atoms with Crippen LogP contribution in [0.3, 0.4) is 0 Å². The predicted molar refractivity (Wildman–Crippen MR) is 193 cm³/mol. The second kappa shape index (κ2) is 30.6. The van der Waals surface area contributed by atoms with Crippen molar-refractivity contribution in [2.45, 2.75) is 128 Å². The summed E-state index contributed by atoms with van der Waals surface area (Å²) in [7, 11) is 0. The number of nitrogens with zero attached hydrogens (tertiary/aromatic N) is 1. The molecule has 43 heavy (non-hydrogen) atoms. The van der Waals surface area contributed by atoms with Gasteiger partial charge in [-0.3, -0.25) is 4.79 Å².